The molecule has 0 radical (unpaired) electrons. The molecule has 3 rings (SSSR count). The highest BCUT2D eigenvalue weighted by Crippen LogP contribution is 2.22. The van der Waals surface area contributed by atoms with Gasteiger partial charge in [-0.3, -0.25) is 9.69 Å². The van der Waals surface area contributed by atoms with Crippen molar-refractivity contribution in [3.8, 4) is 0 Å². The van der Waals surface area contributed by atoms with Crippen molar-refractivity contribution >= 4 is 23.4 Å². The van der Waals surface area contributed by atoms with Gasteiger partial charge < -0.3 is 5.32 Å². The van der Waals surface area contributed by atoms with E-state index in [0.717, 1.165) is 38.2 Å². The minimum atomic E-state index is 0.0719. The van der Waals surface area contributed by atoms with E-state index in [9.17, 15) is 4.79 Å². The summed E-state index contributed by atoms with van der Waals surface area (Å²) in [6.07, 6.45) is 4.10. The fraction of sp³-hybridized carbons (Fsp3) is 0.350. The number of nitrogens with zero attached hydrogens (tertiary/aromatic N) is 1. The van der Waals surface area contributed by atoms with Crippen molar-refractivity contribution in [3.63, 3.8) is 0 Å². The smallest absolute Gasteiger partial charge is 0.228 e. The second-order valence-electron chi connectivity index (χ2n) is 6.28. The number of likely N-dealkylation sites (tertiary alicyclic amines) is 1. The number of nitrogens with one attached hydrogen (secondary N) is 1. The van der Waals surface area contributed by atoms with Gasteiger partial charge >= 0.3 is 0 Å². The van der Waals surface area contributed by atoms with Gasteiger partial charge in [-0.2, -0.15) is 0 Å². The lowest BCUT2D eigenvalue weighted by atomic mass is 9.96. The summed E-state index contributed by atoms with van der Waals surface area (Å²) in [5.41, 5.74) is 2.20. The first-order valence-electron chi connectivity index (χ1n) is 8.46. The van der Waals surface area contributed by atoms with Crippen LogP contribution in [0.25, 0.3) is 0 Å². The third kappa shape index (κ3) is 4.62. The highest BCUT2D eigenvalue weighted by atomic mass is 32.2. The van der Waals surface area contributed by atoms with Crippen LogP contribution in [-0.4, -0.2) is 30.2 Å². The molecule has 1 aliphatic heterocycles. The third-order valence-electron chi connectivity index (χ3n) is 4.48. The molecule has 2 aromatic rings. The summed E-state index contributed by atoms with van der Waals surface area (Å²) in [5, 5.41) is 3.07. The SMILES string of the molecule is CSc1ccc(NC(=O)[C@H]2CCCN(Cc3ccccc3)C2)cc1. The lowest BCUT2D eigenvalue weighted by molar-refractivity contribution is -0.121. The zero-order valence-electron chi connectivity index (χ0n) is 14.1. The fourth-order valence-electron chi connectivity index (χ4n) is 3.17. The second kappa shape index (κ2) is 8.36. The zero-order chi connectivity index (χ0) is 16.8. The second-order valence-corrected chi connectivity index (χ2v) is 7.16. The molecule has 1 aliphatic rings. The monoisotopic (exact) mass is 340 g/mol. The lowest BCUT2D eigenvalue weighted by Crippen LogP contribution is -2.40. The molecule has 24 heavy (non-hydrogen) atoms. The maximum atomic E-state index is 12.6. The van der Waals surface area contributed by atoms with Crippen LogP contribution in [0.15, 0.2) is 59.5 Å². The Balaban J connectivity index is 1.56. The largest absolute Gasteiger partial charge is 0.326 e. The molecule has 3 nitrogen and oxygen atoms in total. The van der Waals surface area contributed by atoms with E-state index in [1.807, 2.05) is 30.3 Å². The highest BCUT2D eigenvalue weighted by Gasteiger charge is 2.25. The predicted octanol–water partition coefficient (Wildman–Crippen LogP) is 4.26. The minimum Gasteiger partial charge on any atom is -0.326 e. The molecule has 126 valence electrons. The molecule has 2 aromatic carbocycles. The number of carbonyl (C=O) groups is 1. The maximum absolute atomic E-state index is 12.6. The Morgan fingerprint density at radius 2 is 1.92 bits per heavy atom. The lowest BCUT2D eigenvalue weighted by Gasteiger charge is -2.32. The van der Waals surface area contributed by atoms with Crippen molar-refractivity contribution in [2.24, 2.45) is 5.92 Å². The van der Waals surface area contributed by atoms with E-state index in [2.05, 4.69) is 40.7 Å². The van der Waals surface area contributed by atoms with Crippen LogP contribution in [0.5, 0.6) is 0 Å². The van der Waals surface area contributed by atoms with Gasteiger partial charge in [0, 0.05) is 23.7 Å². The van der Waals surface area contributed by atoms with Gasteiger partial charge in [-0.05, 0) is 55.5 Å². The molecule has 0 saturated carbocycles. The molecule has 1 fully saturated rings. The summed E-state index contributed by atoms with van der Waals surface area (Å²) in [4.78, 5) is 16.2. The number of benzene rings is 2. The van der Waals surface area contributed by atoms with E-state index in [1.54, 1.807) is 11.8 Å². The molecule has 1 saturated heterocycles. The third-order valence-corrected chi connectivity index (χ3v) is 5.23. The summed E-state index contributed by atoms with van der Waals surface area (Å²) in [7, 11) is 0. The summed E-state index contributed by atoms with van der Waals surface area (Å²) in [5.74, 6) is 0.215. The first-order valence-corrected chi connectivity index (χ1v) is 9.68. The van der Waals surface area contributed by atoms with Gasteiger partial charge in [0.15, 0.2) is 0 Å². The van der Waals surface area contributed by atoms with Gasteiger partial charge in [-0.15, -0.1) is 11.8 Å². The van der Waals surface area contributed by atoms with Crippen LogP contribution in [0, 0.1) is 5.92 Å². The Morgan fingerprint density at radius 1 is 1.17 bits per heavy atom. The van der Waals surface area contributed by atoms with Crippen molar-refractivity contribution in [3.05, 3.63) is 60.2 Å². The van der Waals surface area contributed by atoms with Gasteiger partial charge in [0.1, 0.15) is 0 Å². The minimum absolute atomic E-state index is 0.0719. The van der Waals surface area contributed by atoms with Gasteiger partial charge in [0.05, 0.1) is 5.92 Å². The Morgan fingerprint density at radius 3 is 2.62 bits per heavy atom. The Kier molecular flexibility index (Phi) is 5.94. The molecule has 0 unspecified atom stereocenters. The van der Waals surface area contributed by atoms with Gasteiger partial charge in [-0.25, -0.2) is 0 Å². The molecule has 0 aliphatic carbocycles. The summed E-state index contributed by atoms with van der Waals surface area (Å²) in [6, 6.07) is 18.5. The molecule has 4 heteroatoms. The summed E-state index contributed by atoms with van der Waals surface area (Å²) >= 11 is 1.71. The molecule has 1 N–H and O–H groups in total. The van der Waals surface area contributed by atoms with Crippen molar-refractivity contribution in [2.75, 3.05) is 24.7 Å². The van der Waals surface area contributed by atoms with E-state index in [4.69, 9.17) is 0 Å². The molecule has 1 amide bonds. The normalized spacial score (nSPS) is 18.3. The zero-order valence-corrected chi connectivity index (χ0v) is 14.9. The number of piperidine rings is 1. The molecule has 0 spiro atoms. The molecular formula is C20H24N2OS. The number of carbonyl (C=O) groups excluding carboxylic acids is 1. The van der Waals surface area contributed by atoms with E-state index in [0.29, 0.717) is 0 Å². The van der Waals surface area contributed by atoms with Crippen molar-refractivity contribution in [1.29, 1.82) is 0 Å². The highest BCUT2D eigenvalue weighted by molar-refractivity contribution is 7.98. The average molecular weight is 340 g/mol. The maximum Gasteiger partial charge on any atom is 0.228 e. The van der Waals surface area contributed by atoms with Crippen LogP contribution >= 0.6 is 11.8 Å². The van der Waals surface area contributed by atoms with Crippen molar-refractivity contribution in [2.45, 2.75) is 24.3 Å². The van der Waals surface area contributed by atoms with Crippen LogP contribution in [-0.2, 0) is 11.3 Å². The molecule has 0 aromatic heterocycles. The molecule has 1 heterocycles. The van der Waals surface area contributed by atoms with Gasteiger partial charge in [-0.1, -0.05) is 30.3 Å². The molecule has 0 bridgehead atoms. The van der Waals surface area contributed by atoms with Gasteiger partial charge in [0.25, 0.3) is 0 Å². The Labute approximate surface area is 148 Å². The van der Waals surface area contributed by atoms with Crippen LogP contribution in [0.1, 0.15) is 18.4 Å². The number of anilines is 1. The average Bonchev–Trinajstić information content (AvgIpc) is 2.63. The van der Waals surface area contributed by atoms with Crippen LogP contribution in [0.2, 0.25) is 0 Å². The number of rotatable bonds is 5. The summed E-state index contributed by atoms with van der Waals surface area (Å²) in [6.45, 7) is 2.83. The van der Waals surface area contributed by atoms with E-state index >= 15 is 0 Å². The Hall–Kier alpha value is -1.78. The number of thioether (sulfide) groups is 1. The van der Waals surface area contributed by atoms with Crippen LogP contribution in [0.3, 0.4) is 0 Å². The summed E-state index contributed by atoms with van der Waals surface area (Å²) < 4.78 is 0. The molecular weight excluding hydrogens is 316 g/mol. The van der Waals surface area contributed by atoms with E-state index in [-0.39, 0.29) is 11.8 Å². The standard InChI is InChI=1S/C20H24N2OS/c1-24-19-11-9-18(10-12-19)21-20(23)17-8-5-13-22(15-17)14-16-6-3-2-4-7-16/h2-4,6-7,9-12,17H,5,8,13-15H2,1H3,(H,21,23)/t17-/m0/s1. The number of hydrogen-bond acceptors (Lipinski definition) is 3. The molecule has 1 atom stereocenters. The first-order chi connectivity index (χ1) is 11.7. The van der Waals surface area contributed by atoms with Crippen LogP contribution in [0.4, 0.5) is 5.69 Å². The predicted molar refractivity (Wildman–Crippen MR) is 101 cm³/mol. The Bertz CT molecular complexity index is 657. The van der Waals surface area contributed by atoms with Gasteiger partial charge in [0.2, 0.25) is 5.91 Å². The first kappa shape index (κ1) is 17.1. The number of amides is 1. The van der Waals surface area contributed by atoms with E-state index < -0.39 is 0 Å². The van der Waals surface area contributed by atoms with Crippen molar-refractivity contribution < 1.29 is 4.79 Å². The van der Waals surface area contributed by atoms with E-state index in [1.165, 1.54) is 10.5 Å². The fourth-order valence-corrected chi connectivity index (χ4v) is 3.58. The van der Waals surface area contributed by atoms with Crippen LogP contribution < -0.4 is 5.32 Å². The quantitative estimate of drug-likeness (QED) is 0.826. The number of hydrogen-bond donors (Lipinski definition) is 1. The van der Waals surface area contributed by atoms with Crippen molar-refractivity contribution in [1.82, 2.24) is 4.90 Å². The topological polar surface area (TPSA) is 32.3 Å².